The van der Waals surface area contributed by atoms with Crippen molar-refractivity contribution in [3.05, 3.63) is 64.7 Å². The van der Waals surface area contributed by atoms with Crippen molar-refractivity contribution < 1.29 is 13.2 Å². The van der Waals surface area contributed by atoms with Crippen molar-refractivity contribution in [3.63, 3.8) is 0 Å². The SMILES string of the molecule is O=C(CN=C1NS(=O)(=O)c2ccccc21)NCc1ccc(Cl)cc1. The maximum atomic E-state index is 11.9. The molecule has 24 heavy (non-hydrogen) atoms. The Hall–Kier alpha value is -2.38. The molecule has 1 amide bonds. The number of aliphatic imine (C=N–C) groups is 1. The average Bonchev–Trinajstić information content (AvgIpc) is 2.84. The number of halogens is 1. The maximum absolute atomic E-state index is 11.9. The molecule has 2 N–H and O–H groups in total. The Balaban J connectivity index is 1.64. The average molecular weight is 364 g/mol. The van der Waals surface area contributed by atoms with Crippen LogP contribution < -0.4 is 10.0 Å². The van der Waals surface area contributed by atoms with Gasteiger partial charge in [0, 0.05) is 17.1 Å². The lowest BCUT2D eigenvalue weighted by atomic mass is 10.2. The quantitative estimate of drug-likeness (QED) is 0.866. The highest BCUT2D eigenvalue weighted by Gasteiger charge is 2.30. The van der Waals surface area contributed by atoms with Crippen molar-refractivity contribution >= 4 is 33.4 Å². The van der Waals surface area contributed by atoms with Crippen LogP contribution in [0.1, 0.15) is 11.1 Å². The molecule has 3 rings (SSSR count). The van der Waals surface area contributed by atoms with Crippen LogP contribution in [0.5, 0.6) is 0 Å². The van der Waals surface area contributed by atoms with Crippen molar-refractivity contribution in [3.8, 4) is 0 Å². The highest BCUT2D eigenvalue weighted by Crippen LogP contribution is 2.21. The summed E-state index contributed by atoms with van der Waals surface area (Å²) in [7, 11) is -3.59. The van der Waals surface area contributed by atoms with E-state index < -0.39 is 10.0 Å². The first-order valence-corrected chi connectivity index (χ1v) is 9.00. The van der Waals surface area contributed by atoms with E-state index in [2.05, 4.69) is 15.0 Å². The minimum atomic E-state index is -3.59. The molecule has 2 aromatic rings. The summed E-state index contributed by atoms with van der Waals surface area (Å²) in [6.07, 6.45) is 0. The van der Waals surface area contributed by atoms with Gasteiger partial charge in [0.15, 0.2) is 0 Å². The zero-order valence-corrected chi connectivity index (χ0v) is 14.1. The number of carbonyl (C=O) groups is 1. The number of amidine groups is 1. The minimum absolute atomic E-state index is 0.167. The van der Waals surface area contributed by atoms with Gasteiger partial charge < -0.3 is 5.32 Å². The van der Waals surface area contributed by atoms with Crippen LogP contribution in [0, 0.1) is 0 Å². The number of rotatable bonds is 4. The molecule has 124 valence electrons. The molecule has 0 saturated carbocycles. The fraction of sp³-hybridized carbons (Fsp3) is 0.125. The summed E-state index contributed by atoms with van der Waals surface area (Å²) >= 11 is 5.80. The third-order valence-electron chi connectivity index (χ3n) is 3.45. The van der Waals surface area contributed by atoms with Crippen LogP contribution in [0.3, 0.4) is 0 Å². The number of amides is 1. The molecule has 0 saturated heterocycles. The Bertz CT molecular complexity index is 908. The summed E-state index contributed by atoms with van der Waals surface area (Å²) in [4.78, 5) is 16.1. The molecular formula is C16H14ClN3O3S. The Morgan fingerprint density at radius 1 is 1.12 bits per heavy atom. The van der Waals surface area contributed by atoms with Crippen LogP contribution in [0.2, 0.25) is 5.02 Å². The van der Waals surface area contributed by atoms with E-state index in [4.69, 9.17) is 11.6 Å². The summed E-state index contributed by atoms with van der Waals surface area (Å²) in [5.41, 5.74) is 1.38. The summed E-state index contributed by atoms with van der Waals surface area (Å²) < 4.78 is 26.2. The zero-order valence-electron chi connectivity index (χ0n) is 12.5. The van der Waals surface area contributed by atoms with Gasteiger partial charge in [-0.05, 0) is 29.8 Å². The smallest absolute Gasteiger partial charge is 0.263 e. The fourth-order valence-corrected chi connectivity index (χ4v) is 3.64. The zero-order chi connectivity index (χ0) is 17.2. The number of fused-ring (bicyclic) bond motifs is 1. The second-order valence-corrected chi connectivity index (χ2v) is 7.26. The first-order chi connectivity index (χ1) is 11.5. The standard InChI is InChI=1S/C16H14ClN3O3S/c17-12-7-5-11(6-8-12)9-18-15(21)10-19-16-13-3-1-2-4-14(13)24(22,23)20-16/h1-8H,9-10H2,(H,18,21)(H,19,20). The van der Waals surface area contributed by atoms with Crippen LogP contribution >= 0.6 is 11.6 Å². The Labute approximate surface area is 144 Å². The minimum Gasteiger partial charge on any atom is -0.350 e. The molecule has 0 spiro atoms. The van der Waals surface area contributed by atoms with Crippen LogP contribution in [0.15, 0.2) is 58.4 Å². The first-order valence-electron chi connectivity index (χ1n) is 7.13. The topological polar surface area (TPSA) is 87.6 Å². The molecular weight excluding hydrogens is 350 g/mol. The van der Waals surface area contributed by atoms with Gasteiger partial charge in [-0.2, -0.15) is 0 Å². The van der Waals surface area contributed by atoms with Gasteiger partial charge in [-0.1, -0.05) is 35.9 Å². The van der Waals surface area contributed by atoms with E-state index in [1.165, 1.54) is 6.07 Å². The second kappa shape index (κ2) is 6.62. The van der Waals surface area contributed by atoms with E-state index in [9.17, 15) is 13.2 Å². The molecule has 0 bridgehead atoms. The van der Waals surface area contributed by atoms with Crippen LogP contribution in [-0.2, 0) is 21.4 Å². The molecule has 1 aliphatic rings. The summed E-state index contributed by atoms with van der Waals surface area (Å²) in [5, 5.41) is 3.35. The number of carbonyl (C=O) groups excluding carboxylic acids is 1. The number of nitrogens with zero attached hydrogens (tertiary/aromatic N) is 1. The first kappa shape index (κ1) is 16.5. The van der Waals surface area contributed by atoms with Gasteiger partial charge in [-0.15, -0.1) is 0 Å². The summed E-state index contributed by atoms with van der Waals surface area (Å²) in [6, 6.07) is 13.6. The van der Waals surface area contributed by atoms with Gasteiger partial charge >= 0.3 is 0 Å². The van der Waals surface area contributed by atoms with Crippen molar-refractivity contribution in [1.82, 2.24) is 10.0 Å². The lowest BCUT2D eigenvalue weighted by molar-refractivity contribution is -0.119. The molecule has 8 heteroatoms. The fourth-order valence-electron chi connectivity index (χ4n) is 2.26. The highest BCUT2D eigenvalue weighted by atomic mass is 35.5. The third kappa shape index (κ3) is 3.58. The molecule has 1 aliphatic heterocycles. The number of sulfonamides is 1. The second-order valence-electron chi connectivity index (χ2n) is 5.17. The van der Waals surface area contributed by atoms with Gasteiger partial charge in [0.2, 0.25) is 5.91 Å². The van der Waals surface area contributed by atoms with E-state index in [-0.39, 0.29) is 23.2 Å². The van der Waals surface area contributed by atoms with Gasteiger partial charge in [0.25, 0.3) is 10.0 Å². The number of hydrogen-bond donors (Lipinski definition) is 2. The number of benzene rings is 2. The molecule has 0 aliphatic carbocycles. The van der Waals surface area contributed by atoms with Gasteiger partial charge in [0.1, 0.15) is 12.4 Å². The Kier molecular flexibility index (Phi) is 4.55. The Morgan fingerprint density at radius 3 is 2.58 bits per heavy atom. The molecule has 0 radical (unpaired) electrons. The van der Waals surface area contributed by atoms with Crippen LogP contribution in [-0.4, -0.2) is 26.7 Å². The maximum Gasteiger partial charge on any atom is 0.263 e. The van der Waals surface area contributed by atoms with E-state index in [0.717, 1.165) is 5.56 Å². The van der Waals surface area contributed by atoms with Gasteiger partial charge in [-0.25, -0.2) is 8.42 Å². The normalized spacial score (nSPS) is 16.5. The predicted octanol–water partition coefficient (Wildman–Crippen LogP) is 1.69. The molecule has 2 aromatic carbocycles. The molecule has 0 fully saturated rings. The van der Waals surface area contributed by atoms with Crippen LogP contribution in [0.4, 0.5) is 0 Å². The van der Waals surface area contributed by atoms with Crippen LogP contribution in [0.25, 0.3) is 0 Å². The molecule has 0 aromatic heterocycles. The predicted molar refractivity (Wildman–Crippen MR) is 91.5 cm³/mol. The number of hydrogen-bond acceptors (Lipinski definition) is 4. The molecule has 1 heterocycles. The third-order valence-corrected chi connectivity index (χ3v) is 5.10. The van der Waals surface area contributed by atoms with Crippen molar-refractivity contribution in [1.29, 1.82) is 0 Å². The summed E-state index contributed by atoms with van der Waals surface area (Å²) in [6.45, 7) is 0.183. The van der Waals surface area contributed by atoms with E-state index in [1.807, 2.05) is 12.1 Å². The lowest BCUT2D eigenvalue weighted by Crippen LogP contribution is -2.28. The van der Waals surface area contributed by atoms with Crippen molar-refractivity contribution in [2.75, 3.05) is 6.54 Å². The number of nitrogens with one attached hydrogen (secondary N) is 2. The molecule has 6 nitrogen and oxygen atoms in total. The largest absolute Gasteiger partial charge is 0.350 e. The Morgan fingerprint density at radius 2 is 1.83 bits per heavy atom. The monoisotopic (exact) mass is 363 g/mol. The van der Waals surface area contributed by atoms with Gasteiger partial charge in [0.05, 0.1) is 4.90 Å². The lowest BCUT2D eigenvalue weighted by Gasteiger charge is -2.04. The van der Waals surface area contributed by atoms with Gasteiger partial charge in [-0.3, -0.25) is 14.5 Å². The van der Waals surface area contributed by atoms with E-state index in [1.54, 1.807) is 30.3 Å². The van der Waals surface area contributed by atoms with E-state index >= 15 is 0 Å². The molecule has 0 atom stereocenters. The van der Waals surface area contributed by atoms with Crippen molar-refractivity contribution in [2.45, 2.75) is 11.4 Å². The van der Waals surface area contributed by atoms with E-state index in [0.29, 0.717) is 17.1 Å². The molecule has 0 unspecified atom stereocenters. The van der Waals surface area contributed by atoms with Crippen molar-refractivity contribution in [2.24, 2.45) is 4.99 Å². The summed E-state index contributed by atoms with van der Waals surface area (Å²) in [5.74, 6) is -0.117. The highest BCUT2D eigenvalue weighted by molar-refractivity contribution is 7.90.